The van der Waals surface area contributed by atoms with Crippen LogP contribution in [0.1, 0.15) is 6.92 Å². The highest BCUT2D eigenvalue weighted by Crippen LogP contribution is 2.18. The molecule has 0 saturated carbocycles. The summed E-state index contributed by atoms with van der Waals surface area (Å²) in [7, 11) is 0. The fraction of sp³-hybridized carbons (Fsp3) is 0.375. The smallest absolute Gasteiger partial charge is 0.0820 e. The van der Waals surface area contributed by atoms with Crippen molar-refractivity contribution in [3.8, 4) is 0 Å². The molecular formula is C8H12ClN3. The van der Waals surface area contributed by atoms with Gasteiger partial charge in [-0.05, 0) is 13.0 Å². The third-order valence-electron chi connectivity index (χ3n) is 1.39. The molecule has 0 aliphatic heterocycles. The lowest BCUT2D eigenvalue weighted by atomic mass is 10.3. The number of rotatable bonds is 3. The molecule has 0 saturated heterocycles. The van der Waals surface area contributed by atoms with Gasteiger partial charge in [0.15, 0.2) is 0 Å². The number of halogens is 1. The van der Waals surface area contributed by atoms with E-state index in [1.807, 2.05) is 13.0 Å². The maximum Gasteiger partial charge on any atom is 0.0820 e. The van der Waals surface area contributed by atoms with Crippen molar-refractivity contribution in [2.45, 2.75) is 13.0 Å². The molecule has 0 aliphatic rings. The molecule has 0 spiro atoms. The standard InChI is InChI=1S/C8H12ClN3/c1-6(10)4-12-8-2-3-11-5-7(8)9/h2-3,5-6H,4,10H2,1H3,(H,11,12). The van der Waals surface area contributed by atoms with Gasteiger partial charge < -0.3 is 11.1 Å². The number of anilines is 1. The zero-order valence-corrected chi connectivity index (χ0v) is 7.67. The van der Waals surface area contributed by atoms with E-state index in [-0.39, 0.29) is 6.04 Å². The van der Waals surface area contributed by atoms with E-state index in [1.54, 1.807) is 12.4 Å². The van der Waals surface area contributed by atoms with Gasteiger partial charge in [0.05, 0.1) is 10.7 Å². The van der Waals surface area contributed by atoms with Crippen LogP contribution >= 0.6 is 11.6 Å². The number of aromatic nitrogens is 1. The highest BCUT2D eigenvalue weighted by molar-refractivity contribution is 6.33. The molecule has 4 heteroatoms. The van der Waals surface area contributed by atoms with Crippen molar-refractivity contribution in [3.05, 3.63) is 23.5 Å². The minimum absolute atomic E-state index is 0.120. The van der Waals surface area contributed by atoms with Crippen LogP contribution in [0.25, 0.3) is 0 Å². The lowest BCUT2D eigenvalue weighted by Crippen LogP contribution is -2.25. The van der Waals surface area contributed by atoms with Crippen molar-refractivity contribution < 1.29 is 0 Å². The molecule has 0 radical (unpaired) electrons. The normalized spacial score (nSPS) is 12.6. The molecule has 3 N–H and O–H groups in total. The molecule has 1 aromatic heterocycles. The van der Waals surface area contributed by atoms with E-state index >= 15 is 0 Å². The summed E-state index contributed by atoms with van der Waals surface area (Å²) in [5.74, 6) is 0. The Bertz CT molecular complexity index is 250. The fourth-order valence-corrected chi connectivity index (χ4v) is 0.976. The van der Waals surface area contributed by atoms with Gasteiger partial charge >= 0.3 is 0 Å². The third-order valence-corrected chi connectivity index (χ3v) is 1.69. The van der Waals surface area contributed by atoms with Gasteiger partial charge in [-0.3, -0.25) is 4.98 Å². The molecule has 12 heavy (non-hydrogen) atoms. The average molecular weight is 186 g/mol. The molecule has 0 fully saturated rings. The van der Waals surface area contributed by atoms with E-state index in [2.05, 4.69) is 10.3 Å². The first-order valence-electron chi connectivity index (χ1n) is 3.79. The second kappa shape index (κ2) is 4.28. The first-order chi connectivity index (χ1) is 5.70. The fourth-order valence-electron chi connectivity index (χ4n) is 0.790. The topological polar surface area (TPSA) is 50.9 Å². The highest BCUT2D eigenvalue weighted by Gasteiger charge is 1.98. The molecule has 3 nitrogen and oxygen atoms in total. The van der Waals surface area contributed by atoms with Gasteiger partial charge in [-0.1, -0.05) is 11.6 Å². The molecule has 0 bridgehead atoms. The molecule has 66 valence electrons. The first-order valence-corrected chi connectivity index (χ1v) is 4.17. The zero-order valence-electron chi connectivity index (χ0n) is 6.92. The van der Waals surface area contributed by atoms with Crippen molar-refractivity contribution in [3.63, 3.8) is 0 Å². The molecule has 1 unspecified atom stereocenters. The Kier molecular flexibility index (Phi) is 3.31. The van der Waals surface area contributed by atoms with E-state index in [0.29, 0.717) is 11.6 Å². The maximum absolute atomic E-state index is 5.84. The van der Waals surface area contributed by atoms with Gasteiger partial charge in [0, 0.05) is 25.0 Å². The summed E-state index contributed by atoms with van der Waals surface area (Å²) < 4.78 is 0. The predicted molar refractivity (Wildman–Crippen MR) is 51.4 cm³/mol. The molecule has 1 aromatic rings. The predicted octanol–water partition coefficient (Wildman–Crippen LogP) is 1.49. The summed E-state index contributed by atoms with van der Waals surface area (Å²) in [4.78, 5) is 3.87. The maximum atomic E-state index is 5.84. The molecule has 0 aliphatic carbocycles. The van der Waals surface area contributed by atoms with Gasteiger partial charge in [-0.15, -0.1) is 0 Å². The molecule has 1 atom stereocenters. The summed E-state index contributed by atoms with van der Waals surface area (Å²) in [6.45, 7) is 2.64. The first kappa shape index (κ1) is 9.29. The van der Waals surface area contributed by atoms with Crippen LogP contribution in [0.2, 0.25) is 5.02 Å². The Morgan fingerprint density at radius 1 is 1.75 bits per heavy atom. The summed E-state index contributed by atoms with van der Waals surface area (Å²) in [6.07, 6.45) is 3.29. The Labute approximate surface area is 76.9 Å². The monoisotopic (exact) mass is 185 g/mol. The van der Waals surface area contributed by atoms with Gasteiger partial charge in [0.1, 0.15) is 0 Å². The van der Waals surface area contributed by atoms with Crippen LogP contribution in [0, 0.1) is 0 Å². The van der Waals surface area contributed by atoms with E-state index < -0.39 is 0 Å². The largest absolute Gasteiger partial charge is 0.382 e. The number of pyridine rings is 1. The molecular weight excluding hydrogens is 174 g/mol. The minimum Gasteiger partial charge on any atom is -0.382 e. The third kappa shape index (κ3) is 2.68. The molecule has 1 heterocycles. The zero-order chi connectivity index (χ0) is 8.97. The molecule has 1 rings (SSSR count). The second-order valence-electron chi connectivity index (χ2n) is 2.71. The van der Waals surface area contributed by atoms with Crippen LogP contribution < -0.4 is 11.1 Å². The number of nitrogens with two attached hydrogens (primary N) is 1. The highest BCUT2D eigenvalue weighted by atomic mass is 35.5. The second-order valence-corrected chi connectivity index (χ2v) is 3.12. The Balaban J connectivity index is 2.57. The summed E-state index contributed by atoms with van der Waals surface area (Å²) in [6, 6.07) is 1.94. The van der Waals surface area contributed by atoms with Crippen LogP contribution in [-0.2, 0) is 0 Å². The Hall–Kier alpha value is -0.800. The van der Waals surface area contributed by atoms with Crippen molar-refractivity contribution in [1.82, 2.24) is 4.98 Å². The van der Waals surface area contributed by atoms with Gasteiger partial charge in [0.2, 0.25) is 0 Å². The molecule has 0 aromatic carbocycles. The van der Waals surface area contributed by atoms with Gasteiger partial charge in [-0.2, -0.15) is 0 Å². The lowest BCUT2D eigenvalue weighted by Gasteiger charge is -2.09. The number of hydrogen-bond acceptors (Lipinski definition) is 3. The summed E-state index contributed by atoms with van der Waals surface area (Å²) in [5, 5.41) is 3.74. The number of nitrogens with one attached hydrogen (secondary N) is 1. The van der Waals surface area contributed by atoms with E-state index in [1.165, 1.54) is 0 Å². The summed E-state index contributed by atoms with van der Waals surface area (Å²) in [5.41, 5.74) is 6.45. The quantitative estimate of drug-likeness (QED) is 0.751. The van der Waals surface area contributed by atoms with Crippen LogP contribution in [-0.4, -0.2) is 17.6 Å². The average Bonchev–Trinajstić information content (AvgIpc) is 2.03. The van der Waals surface area contributed by atoms with Crippen LogP contribution in [0.15, 0.2) is 18.5 Å². The molecule has 0 amide bonds. The van der Waals surface area contributed by atoms with Crippen LogP contribution in [0.3, 0.4) is 0 Å². The van der Waals surface area contributed by atoms with Crippen molar-refractivity contribution in [1.29, 1.82) is 0 Å². The number of nitrogens with zero attached hydrogens (tertiary/aromatic N) is 1. The van der Waals surface area contributed by atoms with Crippen molar-refractivity contribution >= 4 is 17.3 Å². The van der Waals surface area contributed by atoms with E-state index in [9.17, 15) is 0 Å². The van der Waals surface area contributed by atoms with Crippen LogP contribution in [0.4, 0.5) is 5.69 Å². The van der Waals surface area contributed by atoms with Crippen molar-refractivity contribution in [2.75, 3.05) is 11.9 Å². The Morgan fingerprint density at radius 3 is 3.08 bits per heavy atom. The lowest BCUT2D eigenvalue weighted by molar-refractivity contribution is 0.780. The number of hydrogen-bond donors (Lipinski definition) is 2. The van der Waals surface area contributed by atoms with Gasteiger partial charge in [-0.25, -0.2) is 0 Å². The Morgan fingerprint density at radius 2 is 2.50 bits per heavy atom. The minimum atomic E-state index is 0.120. The summed E-state index contributed by atoms with van der Waals surface area (Å²) >= 11 is 5.84. The van der Waals surface area contributed by atoms with E-state index in [0.717, 1.165) is 5.69 Å². The SMILES string of the molecule is CC(N)CNc1ccncc1Cl. The van der Waals surface area contributed by atoms with Gasteiger partial charge in [0.25, 0.3) is 0 Å². The van der Waals surface area contributed by atoms with E-state index in [4.69, 9.17) is 17.3 Å². The van der Waals surface area contributed by atoms with Crippen molar-refractivity contribution in [2.24, 2.45) is 5.73 Å². The van der Waals surface area contributed by atoms with Crippen LogP contribution in [0.5, 0.6) is 0 Å².